The third kappa shape index (κ3) is 2.80. The lowest BCUT2D eigenvalue weighted by Crippen LogP contribution is -2.55. The highest BCUT2D eigenvalue weighted by Gasteiger charge is 2.33. The van der Waals surface area contributed by atoms with Crippen molar-refractivity contribution in [1.29, 1.82) is 0 Å². The van der Waals surface area contributed by atoms with Gasteiger partial charge in [0.25, 0.3) is 0 Å². The number of benzene rings is 1. The number of nitrogens with one attached hydrogen (secondary N) is 1. The molecule has 3 saturated heterocycles. The predicted molar refractivity (Wildman–Crippen MR) is 74.8 cm³/mol. The number of rotatable bonds is 4. The zero-order valence-electron chi connectivity index (χ0n) is 11.1. The van der Waals surface area contributed by atoms with Crippen molar-refractivity contribution in [3.63, 3.8) is 0 Å². The van der Waals surface area contributed by atoms with Gasteiger partial charge in [-0.2, -0.15) is 0 Å². The van der Waals surface area contributed by atoms with Crippen LogP contribution in [-0.2, 0) is 6.54 Å². The van der Waals surface area contributed by atoms with E-state index >= 15 is 0 Å². The van der Waals surface area contributed by atoms with Crippen LogP contribution in [0.5, 0.6) is 0 Å². The molecule has 3 fully saturated rings. The summed E-state index contributed by atoms with van der Waals surface area (Å²) in [4.78, 5) is 13.7. The Hall–Kier alpha value is -1.39. The van der Waals surface area contributed by atoms with Gasteiger partial charge in [-0.15, -0.1) is 0 Å². The molecule has 0 aromatic heterocycles. The topological polar surface area (TPSA) is 58.4 Å². The number of piperidine rings is 3. The molecule has 1 atom stereocenters. The number of carbonyl (C=O) groups excluding carboxylic acids is 1. The fourth-order valence-corrected chi connectivity index (χ4v) is 3.28. The van der Waals surface area contributed by atoms with Crippen LogP contribution in [0.1, 0.15) is 28.8 Å². The molecule has 0 saturated carbocycles. The van der Waals surface area contributed by atoms with Gasteiger partial charge in [-0.05, 0) is 49.5 Å². The molecule has 1 aromatic rings. The lowest BCUT2D eigenvalue weighted by Gasteiger charge is -2.45. The van der Waals surface area contributed by atoms with Gasteiger partial charge in [0.1, 0.15) is 0 Å². The molecule has 1 unspecified atom stereocenters. The van der Waals surface area contributed by atoms with E-state index in [1.54, 1.807) is 6.07 Å². The Morgan fingerprint density at radius 2 is 2.16 bits per heavy atom. The Bertz CT molecular complexity index is 466. The monoisotopic (exact) mass is 259 g/mol. The van der Waals surface area contributed by atoms with E-state index in [9.17, 15) is 4.79 Å². The van der Waals surface area contributed by atoms with Gasteiger partial charge in [-0.3, -0.25) is 4.79 Å². The first-order chi connectivity index (χ1) is 9.22. The minimum absolute atomic E-state index is 0.357. The average molecular weight is 259 g/mol. The molecule has 0 radical (unpaired) electrons. The van der Waals surface area contributed by atoms with Crippen molar-refractivity contribution in [2.45, 2.75) is 25.4 Å². The number of carbonyl (C=O) groups is 1. The van der Waals surface area contributed by atoms with Crippen LogP contribution >= 0.6 is 0 Å². The van der Waals surface area contributed by atoms with Gasteiger partial charge in [0.05, 0.1) is 0 Å². The van der Waals surface area contributed by atoms with Gasteiger partial charge in [-0.1, -0.05) is 12.1 Å². The second-order valence-electron chi connectivity index (χ2n) is 5.69. The van der Waals surface area contributed by atoms with Crippen LogP contribution in [0.3, 0.4) is 0 Å². The van der Waals surface area contributed by atoms with E-state index in [-0.39, 0.29) is 5.91 Å². The highest BCUT2D eigenvalue weighted by Crippen LogP contribution is 2.27. The summed E-state index contributed by atoms with van der Waals surface area (Å²) < 4.78 is 0. The average Bonchev–Trinajstić information content (AvgIpc) is 2.47. The number of primary amides is 1. The third-order valence-electron chi connectivity index (χ3n) is 4.44. The molecule has 102 valence electrons. The number of amides is 1. The molecule has 4 nitrogen and oxygen atoms in total. The minimum Gasteiger partial charge on any atom is -0.366 e. The molecule has 3 aliphatic heterocycles. The second kappa shape index (κ2) is 5.31. The Morgan fingerprint density at radius 1 is 1.37 bits per heavy atom. The van der Waals surface area contributed by atoms with Gasteiger partial charge >= 0.3 is 0 Å². The van der Waals surface area contributed by atoms with Crippen molar-refractivity contribution in [2.75, 3.05) is 19.6 Å². The maximum absolute atomic E-state index is 11.2. The van der Waals surface area contributed by atoms with Crippen molar-refractivity contribution in [3.05, 3.63) is 35.4 Å². The van der Waals surface area contributed by atoms with Crippen LogP contribution in [0.15, 0.2) is 24.3 Å². The van der Waals surface area contributed by atoms with Crippen LogP contribution in [0.2, 0.25) is 0 Å². The lowest BCUT2D eigenvalue weighted by molar-refractivity contribution is 0.0720. The Kier molecular flexibility index (Phi) is 3.53. The van der Waals surface area contributed by atoms with E-state index < -0.39 is 0 Å². The summed E-state index contributed by atoms with van der Waals surface area (Å²) in [5.41, 5.74) is 7.03. The SMILES string of the molecule is NC(=O)c1cccc(CNC2CN3CCC2CC3)c1. The van der Waals surface area contributed by atoms with E-state index in [1.165, 1.54) is 32.5 Å². The van der Waals surface area contributed by atoms with Gasteiger partial charge in [0.15, 0.2) is 0 Å². The first-order valence-electron chi connectivity index (χ1n) is 7.07. The van der Waals surface area contributed by atoms with Crippen LogP contribution in [0.4, 0.5) is 0 Å². The second-order valence-corrected chi connectivity index (χ2v) is 5.69. The number of nitrogens with zero attached hydrogens (tertiary/aromatic N) is 1. The number of hydrogen-bond donors (Lipinski definition) is 2. The molecule has 3 N–H and O–H groups in total. The molecule has 1 aromatic carbocycles. The standard InChI is InChI=1S/C15H21N3O/c16-15(19)13-3-1-2-11(8-13)9-17-14-10-18-6-4-12(14)5-7-18/h1-3,8,12,14,17H,4-7,9-10H2,(H2,16,19). The van der Waals surface area contributed by atoms with Crippen LogP contribution in [0, 0.1) is 5.92 Å². The zero-order valence-corrected chi connectivity index (χ0v) is 11.1. The molecular weight excluding hydrogens is 238 g/mol. The maximum atomic E-state index is 11.2. The van der Waals surface area contributed by atoms with Crippen LogP contribution in [0.25, 0.3) is 0 Å². The molecule has 1 amide bonds. The quantitative estimate of drug-likeness (QED) is 0.847. The maximum Gasteiger partial charge on any atom is 0.248 e. The largest absolute Gasteiger partial charge is 0.366 e. The van der Waals surface area contributed by atoms with E-state index in [2.05, 4.69) is 10.2 Å². The number of fused-ring (bicyclic) bond motifs is 3. The van der Waals surface area contributed by atoms with E-state index in [1.807, 2.05) is 18.2 Å². The van der Waals surface area contributed by atoms with Crippen molar-refractivity contribution < 1.29 is 4.79 Å². The summed E-state index contributed by atoms with van der Waals surface area (Å²) in [6.07, 6.45) is 2.64. The fraction of sp³-hybridized carbons (Fsp3) is 0.533. The minimum atomic E-state index is -0.357. The third-order valence-corrected chi connectivity index (χ3v) is 4.44. The first kappa shape index (κ1) is 12.6. The highest BCUT2D eigenvalue weighted by atomic mass is 16.1. The Balaban J connectivity index is 1.60. The predicted octanol–water partition coefficient (Wildman–Crippen LogP) is 0.969. The van der Waals surface area contributed by atoms with E-state index in [0.29, 0.717) is 11.6 Å². The fourth-order valence-electron chi connectivity index (χ4n) is 3.28. The van der Waals surface area contributed by atoms with Crippen molar-refractivity contribution in [1.82, 2.24) is 10.2 Å². The van der Waals surface area contributed by atoms with Gasteiger partial charge in [0.2, 0.25) is 5.91 Å². The van der Waals surface area contributed by atoms with Crippen molar-refractivity contribution in [3.8, 4) is 0 Å². The molecular formula is C15H21N3O. The smallest absolute Gasteiger partial charge is 0.248 e. The Labute approximate surface area is 114 Å². The van der Waals surface area contributed by atoms with Crippen LogP contribution in [-0.4, -0.2) is 36.5 Å². The van der Waals surface area contributed by atoms with Crippen molar-refractivity contribution in [2.24, 2.45) is 11.7 Å². The van der Waals surface area contributed by atoms with Crippen molar-refractivity contribution >= 4 is 5.91 Å². The molecule has 4 heteroatoms. The summed E-state index contributed by atoms with van der Waals surface area (Å²) in [7, 11) is 0. The molecule has 0 spiro atoms. The number of nitrogens with two attached hydrogens (primary N) is 1. The van der Waals surface area contributed by atoms with E-state index in [0.717, 1.165) is 18.0 Å². The number of hydrogen-bond acceptors (Lipinski definition) is 3. The van der Waals surface area contributed by atoms with Gasteiger partial charge < -0.3 is 16.0 Å². The Morgan fingerprint density at radius 3 is 2.79 bits per heavy atom. The molecule has 2 bridgehead atoms. The first-order valence-corrected chi connectivity index (χ1v) is 7.07. The summed E-state index contributed by atoms with van der Waals surface area (Å²) in [5, 5.41) is 3.64. The molecule has 19 heavy (non-hydrogen) atoms. The molecule has 3 aliphatic rings. The summed E-state index contributed by atoms with van der Waals surface area (Å²) >= 11 is 0. The summed E-state index contributed by atoms with van der Waals surface area (Å²) in [6.45, 7) is 4.51. The molecule has 3 heterocycles. The van der Waals surface area contributed by atoms with E-state index in [4.69, 9.17) is 5.73 Å². The zero-order chi connectivity index (χ0) is 13.2. The normalized spacial score (nSPS) is 29.4. The van der Waals surface area contributed by atoms with Gasteiger partial charge in [0, 0.05) is 24.7 Å². The molecule has 0 aliphatic carbocycles. The highest BCUT2D eigenvalue weighted by molar-refractivity contribution is 5.92. The lowest BCUT2D eigenvalue weighted by atomic mass is 9.84. The summed E-state index contributed by atoms with van der Waals surface area (Å²) in [6, 6.07) is 8.19. The molecule has 4 rings (SSSR count). The van der Waals surface area contributed by atoms with Crippen LogP contribution < -0.4 is 11.1 Å². The van der Waals surface area contributed by atoms with Gasteiger partial charge in [-0.25, -0.2) is 0 Å². The summed E-state index contributed by atoms with van der Waals surface area (Å²) in [5.74, 6) is 0.467.